The van der Waals surface area contributed by atoms with Crippen LogP contribution < -0.4 is 15.4 Å². The molecule has 0 bridgehead atoms. The van der Waals surface area contributed by atoms with E-state index in [-0.39, 0.29) is 17.7 Å². The number of amides is 2. The lowest BCUT2D eigenvalue weighted by Crippen LogP contribution is -2.32. The summed E-state index contributed by atoms with van der Waals surface area (Å²) in [6, 6.07) is 23.0. The molecule has 0 saturated carbocycles. The van der Waals surface area contributed by atoms with E-state index in [1.165, 1.54) is 0 Å². The fraction of sp³-hybridized carbons (Fsp3) is 0.286. The normalized spacial score (nSPS) is 11.7. The van der Waals surface area contributed by atoms with E-state index in [2.05, 4.69) is 24.5 Å². The molecule has 0 aliphatic carbocycles. The summed E-state index contributed by atoms with van der Waals surface area (Å²) in [6.45, 7) is 8.40. The number of para-hydroxylation sites is 1. The van der Waals surface area contributed by atoms with E-state index in [0.29, 0.717) is 23.5 Å². The highest BCUT2D eigenvalue weighted by molar-refractivity contribution is 6.04. The highest BCUT2D eigenvalue weighted by Gasteiger charge is 2.20. The van der Waals surface area contributed by atoms with Crippen LogP contribution in [0.15, 0.2) is 72.8 Å². The van der Waals surface area contributed by atoms with Crippen molar-refractivity contribution in [2.45, 2.75) is 46.1 Å². The van der Waals surface area contributed by atoms with Crippen molar-refractivity contribution in [3.63, 3.8) is 0 Å². The van der Waals surface area contributed by atoms with Gasteiger partial charge in [0.2, 0.25) is 0 Å². The zero-order valence-corrected chi connectivity index (χ0v) is 19.7. The largest absolute Gasteiger partial charge is 0.481 e. The first kappa shape index (κ1) is 24.1. The third kappa shape index (κ3) is 6.69. The SMILES string of the molecule is Cc1ccc(C(C)C)c(O[C@@H](C)C(=O)Nc2ccccc2C(=O)NCCc2ccccc2)c1. The van der Waals surface area contributed by atoms with Crippen LogP contribution in [0.25, 0.3) is 0 Å². The van der Waals surface area contributed by atoms with Gasteiger partial charge in [-0.2, -0.15) is 0 Å². The molecule has 2 amide bonds. The van der Waals surface area contributed by atoms with Crippen LogP contribution >= 0.6 is 0 Å². The van der Waals surface area contributed by atoms with Crippen LogP contribution in [-0.4, -0.2) is 24.5 Å². The number of rotatable bonds is 9. The highest BCUT2D eigenvalue weighted by atomic mass is 16.5. The molecule has 3 rings (SSSR count). The molecule has 0 fully saturated rings. The predicted octanol–water partition coefficient (Wildman–Crippen LogP) is 5.50. The van der Waals surface area contributed by atoms with Crippen LogP contribution in [0.3, 0.4) is 0 Å². The Labute approximate surface area is 196 Å². The fourth-order valence-electron chi connectivity index (χ4n) is 3.55. The third-order valence-corrected chi connectivity index (χ3v) is 5.44. The molecule has 0 unspecified atom stereocenters. The van der Waals surface area contributed by atoms with Crippen molar-refractivity contribution in [1.29, 1.82) is 0 Å². The quantitative estimate of drug-likeness (QED) is 0.458. The van der Waals surface area contributed by atoms with Gasteiger partial charge in [0.1, 0.15) is 5.75 Å². The zero-order valence-electron chi connectivity index (χ0n) is 19.7. The summed E-state index contributed by atoms with van der Waals surface area (Å²) in [5.41, 5.74) is 4.16. The van der Waals surface area contributed by atoms with Crippen molar-refractivity contribution in [1.82, 2.24) is 5.32 Å². The molecule has 5 nitrogen and oxygen atoms in total. The van der Waals surface area contributed by atoms with Gasteiger partial charge in [-0.1, -0.05) is 68.4 Å². The Morgan fingerprint density at radius 1 is 0.909 bits per heavy atom. The minimum absolute atomic E-state index is 0.226. The lowest BCUT2D eigenvalue weighted by atomic mass is 10.0. The summed E-state index contributed by atoms with van der Waals surface area (Å²) in [5.74, 6) is 0.447. The molecule has 1 atom stereocenters. The van der Waals surface area contributed by atoms with Crippen LogP contribution in [0.4, 0.5) is 5.69 Å². The molecule has 33 heavy (non-hydrogen) atoms. The van der Waals surface area contributed by atoms with Gasteiger partial charge in [0.15, 0.2) is 6.10 Å². The average Bonchev–Trinajstić information content (AvgIpc) is 2.80. The van der Waals surface area contributed by atoms with Crippen molar-refractivity contribution in [2.24, 2.45) is 0 Å². The molecule has 5 heteroatoms. The maximum absolute atomic E-state index is 12.9. The molecule has 3 aromatic carbocycles. The minimum atomic E-state index is -0.724. The molecule has 0 spiro atoms. The van der Waals surface area contributed by atoms with E-state index in [4.69, 9.17) is 4.74 Å². The topological polar surface area (TPSA) is 67.4 Å². The van der Waals surface area contributed by atoms with Gasteiger partial charge in [-0.3, -0.25) is 9.59 Å². The number of carbonyl (C=O) groups is 2. The lowest BCUT2D eigenvalue weighted by molar-refractivity contribution is -0.122. The lowest BCUT2D eigenvalue weighted by Gasteiger charge is -2.20. The summed E-state index contributed by atoms with van der Waals surface area (Å²) in [6.07, 6.45) is 0.0131. The Hall–Kier alpha value is -3.60. The van der Waals surface area contributed by atoms with Gasteiger partial charge in [-0.25, -0.2) is 0 Å². The molecule has 0 saturated heterocycles. The minimum Gasteiger partial charge on any atom is -0.481 e. The second-order valence-electron chi connectivity index (χ2n) is 8.48. The standard InChI is InChI=1S/C28H32N2O3/c1-19(2)23-15-14-20(3)18-26(23)33-21(4)27(31)30-25-13-9-8-12-24(25)28(32)29-17-16-22-10-6-5-7-11-22/h5-15,18-19,21H,16-17H2,1-4H3,(H,29,32)(H,30,31)/t21-/m0/s1. The Bertz CT molecular complexity index is 1090. The maximum Gasteiger partial charge on any atom is 0.265 e. The summed E-state index contributed by atoms with van der Waals surface area (Å²) in [4.78, 5) is 25.7. The Kier molecular flexibility index (Phi) is 8.25. The molecule has 3 aromatic rings. The van der Waals surface area contributed by atoms with Gasteiger partial charge in [0.25, 0.3) is 11.8 Å². The molecule has 0 aliphatic rings. The van der Waals surface area contributed by atoms with Crippen molar-refractivity contribution in [3.05, 3.63) is 95.1 Å². The van der Waals surface area contributed by atoms with E-state index in [0.717, 1.165) is 23.1 Å². The molecule has 0 aliphatic heterocycles. The number of nitrogens with one attached hydrogen (secondary N) is 2. The number of benzene rings is 3. The summed E-state index contributed by atoms with van der Waals surface area (Å²) in [5, 5.41) is 5.79. The molecular formula is C28H32N2O3. The van der Waals surface area contributed by atoms with Gasteiger partial charge in [-0.05, 0) is 61.1 Å². The van der Waals surface area contributed by atoms with E-state index in [1.807, 2.05) is 55.5 Å². The van der Waals surface area contributed by atoms with Crippen LogP contribution in [0.5, 0.6) is 5.75 Å². The van der Waals surface area contributed by atoms with Crippen molar-refractivity contribution >= 4 is 17.5 Å². The second-order valence-corrected chi connectivity index (χ2v) is 8.48. The summed E-state index contributed by atoms with van der Waals surface area (Å²) in [7, 11) is 0. The van der Waals surface area contributed by atoms with Gasteiger partial charge in [-0.15, -0.1) is 0 Å². The van der Waals surface area contributed by atoms with Crippen molar-refractivity contribution in [2.75, 3.05) is 11.9 Å². The molecule has 2 N–H and O–H groups in total. The first-order chi connectivity index (χ1) is 15.8. The number of hydrogen-bond acceptors (Lipinski definition) is 3. The predicted molar refractivity (Wildman–Crippen MR) is 133 cm³/mol. The average molecular weight is 445 g/mol. The summed E-state index contributed by atoms with van der Waals surface area (Å²) < 4.78 is 6.02. The molecule has 0 radical (unpaired) electrons. The van der Waals surface area contributed by atoms with Gasteiger partial charge < -0.3 is 15.4 Å². The molecule has 0 aromatic heterocycles. The Morgan fingerprint density at radius 3 is 2.33 bits per heavy atom. The fourth-order valence-corrected chi connectivity index (χ4v) is 3.55. The second kappa shape index (κ2) is 11.3. The van der Waals surface area contributed by atoms with E-state index in [9.17, 15) is 9.59 Å². The van der Waals surface area contributed by atoms with Crippen molar-refractivity contribution in [3.8, 4) is 5.75 Å². The van der Waals surface area contributed by atoms with E-state index >= 15 is 0 Å². The van der Waals surface area contributed by atoms with Crippen LogP contribution in [0.1, 0.15) is 53.7 Å². The van der Waals surface area contributed by atoms with Crippen molar-refractivity contribution < 1.29 is 14.3 Å². The number of hydrogen-bond donors (Lipinski definition) is 2. The van der Waals surface area contributed by atoms with Gasteiger partial charge in [0.05, 0.1) is 11.3 Å². The molecule has 0 heterocycles. The smallest absolute Gasteiger partial charge is 0.265 e. The number of aryl methyl sites for hydroxylation is 1. The van der Waals surface area contributed by atoms with E-state index in [1.54, 1.807) is 31.2 Å². The summed E-state index contributed by atoms with van der Waals surface area (Å²) >= 11 is 0. The first-order valence-electron chi connectivity index (χ1n) is 11.3. The van der Waals surface area contributed by atoms with Crippen LogP contribution in [-0.2, 0) is 11.2 Å². The number of anilines is 1. The van der Waals surface area contributed by atoms with Gasteiger partial charge in [0, 0.05) is 6.54 Å². The number of ether oxygens (including phenoxy) is 1. The van der Waals surface area contributed by atoms with Crippen LogP contribution in [0, 0.1) is 6.92 Å². The van der Waals surface area contributed by atoms with E-state index < -0.39 is 6.10 Å². The van der Waals surface area contributed by atoms with Gasteiger partial charge >= 0.3 is 0 Å². The van der Waals surface area contributed by atoms with Crippen LogP contribution in [0.2, 0.25) is 0 Å². The Balaban J connectivity index is 1.64. The zero-order chi connectivity index (χ0) is 23.8. The molecule has 172 valence electrons. The highest BCUT2D eigenvalue weighted by Crippen LogP contribution is 2.28. The first-order valence-corrected chi connectivity index (χ1v) is 11.3. The Morgan fingerprint density at radius 2 is 1.61 bits per heavy atom. The molecular weight excluding hydrogens is 412 g/mol. The number of carbonyl (C=O) groups excluding carboxylic acids is 2. The monoisotopic (exact) mass is 444 g/mol. The third-order valence-electron chi connectivity index (χ3n) is 5.44. The maximum atomic E-state index is 12.9.